The molecule has 0 aliphatic carbocycles. The quantitative estimate of drug-likeness (QED) is 0.449. The van der Waals surface area contributed by atoms with Gasteiger partial charge in [0.25, 0.3) is 11.9 Å². The first kappa shape index (κ1) is 16.7. The highest BCUT2D eigenvalue weighted by Gasteiger charge is 2.23. The van der Waals surface area contributed by atoms with Crippen molar-refractivity contribution in [3.8, 4) is 0 Å². The zero-order valence-electron chi connectivity index (χ0n) is 12.0. The predicted molar refractivity (Wildman–Crippen MR) is 70.5 cm³/mol. The van der Waals surface area contributed by atoms with Crippen LogP contribution in [0.25, 0.3) is 0 Å². The first-order valence-electron chi connectivity index (χ1n) is 6.72. The number of anilines is 1. The highest BCUT2D eigenvalue weighted by molar-refractivity contribution is 5.45. The number of hydrogen-bond donors (Lipinski definition) is 1. The van der Waals surface area contributed by atoms with E-state index in [2.05, 4.69) is 17.2 Å². The molecule has 0 unspecified atom stereocenters. The fourth-order valence-corrected chi connectivity index (χ4v) is 1.91. The molecule has 0 spiro atoms. The van der Waals surface area contributed by atoms with Gasteiger partial charge in [-0.1, -0.05) is 40.0 Å². The Hall–Kier alpha value is -1.33. The molecule has 0 aromatic carbocycles. The van der Waals surface area contributed by atoms with Crippen molar-refractivity contribution in [2.75, 3.05) is 11.9 Å². The van der Waals surface area contributed by atoms with Crippen molar-refractivity contribution in [1.82, 2.24) is 4.98 Å². The highest BCUT2D eigenvalue weighted by Crippen LogP contribution is 2.27. The Morgan fingerprint density at radius 2 is 1.55 bits per heavy atom. The van der Waals surface area contributed by atoms with E-state index >= 15 is 0 Å². The number of nitrogens with one attached hydrogen (secondary N) is 1. The van der Waals surface area contributed by atoms with E-state index in [1.807, 2.05) is 13.8 Å². The molecule has 1 heterocycles. The van der Waals surface area contributed by atoms with E-state index in [1.54, 1.807) is 0 Å². The molecule has 0 fully saturated rings. The van der Waals surface area contributed by atoms with Crippen LogP contribution in [0.1, 0.15) is 46.5 Å². The van der Waals surface area contributed by atoms with Gasteiger partial charge >= 0.3 is 0 Å². The standard InChI is InChI=1S/C14H20F4N2/c1-4-5-6-7-14(2,3)8-19-11-9(15)12(17)20-13(18)10(11)16/h4-8H2,1-3H3,(H,19,20). The highest BCUT2D eigenvalue weighted by atomic mass is 19.2. The average Bonchev–Trinajstić information content (AvgIpc) is 2.36. The van der Waals surface area contributed by atoms with Crippen LogP contribution in [0.2, 0.25) is 0 Å². The van der Waals surface area contributed by atoms with Gasteiger partial charge in [-0.2, -0.15) is 22.5 Å². The third kappa shape index (κ3) is 4.35. The van der Waals surface area contributed by atoms with Crippen LogP contribution in [0, 0.1) is 28.9 Å². The largest absolute Gasteiger partial charge is 0.379 e. The van der Waals surface area contributed by atoms with Gasteiger partial charge in [0.1, 0.15) is 5.69 Å². The summed E-state index contributed by atoms with van der Waals surface area (Å²) in [6, 6.07) is 0. The van der Waals surface area contributed by atoms with Gasteiger partial charge in [0, 0.05) is 6.54 Å². The minimum atomic E-state index is -1.64. The van der Waals surface area contributed by atoms with Crippen LogP contribution >= 0.6 is 0 Å². The Balaban J connectivity index is 2.74. The third-order valence-corrected chi connectivity index (χ3v) is 3.20. The van der Waals surface area contributed by atoms with Crippen molar-refractivity contribution in [2.45, 2.75) is 46.5 Å². The second kappa shape index (κ2) is 6.90. The van der Waals surface area contributed by atoms with Gasteiger partial charge in [0.2, 0.25) is 11.6 Å². The molecule has 114 valence electrons. The van der Waals surface area contributed by atoms with E-state index in [1.165, 1.54) is 0 Å². The Kier molecular flexibility index (Phi) is 5.77. The molecule has 20 heavy (non-hydrogen) atoms. The van der Waals surface area contributed by atoms with E-state index in [4.69, 9.17) is 0 Å². The van der Waals surface area contributed by atoms with Crippen molar-refractivity contribution in [3.05, 3.63) is 23.5 Å². The van der Waals surface area contributed by atoms with Crippen molar-refractivity contribution in [2.24, 2.45) is 5.41 Å². The van der Waals surface area contributed by atoms with Gasteiger partial charge in [-0.3, -0.25) is 0 Å². The summed E-state index contributed by atoms with van der Waals surface area (Å²) in [5.74, 6) is -6.27. The van der Waals surface area contributed by atoms with Crippen LogP contribution in [-0.4, -0.2) is 11.5 Å². The van der Waals surface area contributed by atoms with E-state index in [-0.39, 0.29) is 12.0 Å². The lowest BCUT2D eigenvalue weighted by Gasteiger charge is -2.25. The summed E-state index contributed by atoms with van der Waals surface area (Å²) >= 11 is 0. The topological polar surface area (TPSA) is 24.9 Å². The molecule has 0 amide bonds. The average molecular weight is 292 g/mol. The molecule has 0 aliphatic rings. The fraction of sp³-hybridized carbons (Fsp3) is 0.643. The molecular weight excluding hydrogens is 272 g/mol. The maximum atomic E-state index is 13.4. The predicted octanol–water partition coefficient (Wildman–Crippen LogP) is 4.66. The monoisotopic (exact) mass is 292 g/mol. The van der Waals surface area contributed by atoms with Gasteiger partial charge in [-0.05, 0) is 11.8 Å². The number of halogens is 4. The van der Waals surface area contributed by atoms with Crippen LogP contribution in [0.4, 0.5) is 23.2 Å². The number of pyridine rings is 1. The molecule has 0 bridgehead atoms. The van der Waals surface area contributed by atoms with Crippen LogP contribution in [0.3, 0.4) is 0 Å². The first-order chi connectivity index (χ1) is 9.28. The molecule has 1 aromatic rings. The number of aromatic nitrogens is 1. The van der Waals surface area contributed by atoms with Crippen LogP contribution in [-0.2, 0) is 0 Å². The van der Waals surface area contributed by atoms with Gasteiger partial charge in [0.15, 0.2) is 0 Å². The second-order valence-corrected chi connectivity index (χ2v) is 5.67. The van der Waals surface area contributed by atoms with E-state index in [0.29, 0.717) is 0 Å². The maximum Gasteiger partial charge on any atom is 0.253 e. The molecule has 1 aromatic heterocycles. The van der Waals surface area contributed by atoms with Crippen molar-refractivity contribution in [3.63, 3.8) is 0 Å². The van der Waals surface area contributed by atoms with E-state index in [9.17, 15) is 17.6 Å². The molecule has 0 radical (unpaired) electrons. The molecule has 0 saturated heterocycles. The first-order valence-corrected chi connectivity index (χ1v) is 6.72. The number of rotatable bonds is 7. The van der Waals surface area contributed by atoms with Crippen molar-refractivity contribution in [1.29, 1.82) is 0 Å². The summed E-state index contributed by atoms with van der Waals surface area (Å²) in [5, 5.41) is 2.46. The second-order valence-electron chi connectivity index (χ2n) is 5.67. The summed E-state index contributed by atoms with van der Waals surface area (Å²) in [5.41, 5.74) is -1.02. The van der Waals surface area contributed by atoms with Crippen LogP contribution in [0.5, 0.6) is 0 Å². The van der Waals surface area contributed by atoms with Crippen LogP contribution < -0.4 is 5.32 Å². The number of hydrogen-bond acceptors (Lipinski definition) is 2. The van der Waals surface area contributed by atoms with Gasteiger partial charge in [0.05, 0.1) is 0 Å². The molecule has 6 heteroatoms. The van der Waals surface area contributed by atoms with Gasteiger partial charge in [-0.15, -0.1) is 0 Å². The third-order valence-electron chi connectivity index (χ3n) is 3.20. The molecule has 0 saturated carbocycles. The molecule has 1 rings (SSSR count). The number of unbranched alkanes of at least 4 members (excludes halogenated alkanes) is 2. The SMILES string of the molecule is CCCCCC(C)(C)CNc1c(F)c(F)nc(F)c1F. The summed E-state index contributed by atoms with van der Waals surface area (Å²) in [7, 11) is 0. The lowest BCUT2D eigenvalue weighted by molar-refractivity contribution is 0.339. The minimum Gasteiger partial charge on any atom is -0.379 e. The zero-order valence-corrected chi connectivity index (χ0v) is 12.0. The van der Waals surface area contributed by atoms with Crippen molar-refractivity contribution >= 4 is 5.69 Å². The Bertz CT molecular complexity index is 435. The minimum absolute atomic E-state index is 0.216. The van der Waals surface area contributed by atoms with Crippen LogP contribution in [0.15, 0.2) is 0 Å². The molecule has 0 aliphatic heterocycles. The van der Waals surface area contributed by atoms with E-state index < -0.39 is 29.2 Å². The maximum absolute atomic E-state index is 13.4. The zero-order chi connectivity index (χ0) is 15.3. The summed E-state index contributed by atoms with van der Waals surface area (Å²) in [6.45, 7) is 6.16. The molecule has 2 nitrogen and oxygen atoms in total. The normalized spacial score (nSPS) is 11.8. The summed E-state index contributed by atoms with van der Waals surface area (Å²) in [4.78, 5) is 2.52. The molecular formula is C14H20F4N2. The van der Waals surface area contributed by atoms with E-state index in [0.717, 1.165) is 25.7 Å². The van der Waals surface area contributed by atoms with Gasteiger partial charge < -0.3 is 5.32 Å². The Morgan fingerprint density at radius 1 is 1.00 bits per heavy atom. The number of nitrogens with zero attached hydrogens (tertiary/aromatic N) is 1. The lowest BCUT2D eigenvalue weighted by Crippen LogP contribution is -2.24. The lowest BCUT2D eigenvalue weighted by atomic mass is 9.87. The molecule has 1 N–H and O–H groups in total. The summed E-state index contributed by atoms with van der Waals surface area (Å²) < 4.78 is 52.7. The Morgan fingerprint density at radius 3 is 2.05 bits per heavy atom. The smallest absolute Gasteiger partial charge is 0.253 e. The molecule has 0 atom stereocenters. The summed E-state index contributed by atoms with van der Waals surface area (Å²) in [6.07, 6.45) is 4.00. The Labute approximate surface area is 116 Å². The van der Waals surface area contributed by atoms with Crippen molar-refractivity contribution < 1.29 is 17.6 Å². The van der Waals surface area contributed by atoms with Gasteiger partial charge in [-0.25, -0.2) is 0 Å². The fourth-order valence-electron chi connectivity index (χ4n) is 1.91.